The summed E-state index contributed by atoms with van der Waals surface area (Å²) in [5.41, 5.74) is 0.799. The van der Waals surface area contributed by atoms with E-state index in [1.165, 1.54) is 0 Å². The van der Waals surface area contributed by atoms with Crippen LogP contribution in [0.3, 0.4) is 0 Å². The van der Waals surface area contributed by atoms with Crippen molar-refractivity contribution in [2.75, 3.05) is 0 Å². The number of aromatic nitrogens is 1. The molecule has 0 atom stereocenters. The molecule has 0 aliphatic heterocycles. The van der Waals surface area contributed by atoms with Crippen LogP contribution >= 0.6 is 35.8 Å². The molecule has 1 aromatic rings. The van der Waals surface area contributed by atoms with Gasteiger partial charge in [0, 0.05) is 4.90 Å². The zero-order valence-corrected chi connectivity index (χ0v) is 8.54. The van der Waals surface area contributed by atoms with Crippen molar-refractivity contribution in [3.63, 3.8) is 0 Å². The average molecular weight is 222 g/mol. The highest BCUT2D eigenvalue weighted by Crippen LogP contribution is 2.29. The van der Waals surface area contributed by atoms with Gasteiger partial charge in [-0.3, -0.25) is 4.79 Å². The average Bonchev–Trinajstić information content (AvgIpc) is 2.01. The molecule has 64 valence electrons. The fourth-order valence-corrected chi connectivity index (χ4v) is 1.49. The van der Waals surface area contributed by atoms with Gasteiger partial charge in [0.05, 0.1) is 16.3 Å². The van der Waals surface area contributed by atoms with Crippen LogP contribution in [0.15, 0.2) is 4.90 Å². The quantitative estimate of drug-likeness (QED) is 0.449. The van der Waals surface area contributed by atoms with Crippen LogP contribution in [-0.4, -0.2) is 11.3 Å². The van der Waals surface area contributed by atoms with E-state index in [-0.39, 0.29) is 15.7 Å². The Morgan fingerprint density at radius 2 is 2.08 bits per heavy atom. The van der Waals surface area contributed by atoms with Crippen LogP contribution in [0, 0.1) is 6.92 Å². The van der Waals surface area contributed by atoms with Crippen molar-refractivity contribution in [2.45, 2.75) is 11.8 Å². The van der Waals surface area contributed by atoms with Crippen molar-refractivity contribution in [1.82, 2.24) is 4.98 Å². The molecule has 0 aliphatic carbocycles. The third-order valence-electron chi connectivity index (χ3n) is 1.39. The Kier molecular flexibility index (Phi) is 2.99. The lowest BCUT2D eigenvalue weighted by Crippen LogP contribution is -1.93. The topological polar surface area (TPSA) is 30.0 Å². The number of pyridine rings is 1. The van der Waals surface area contributed by atoms with Crippen LogP contribution in [0.5, 0.6) is 0 Å². The summed E-state index contributed by atoms with van der Waals surface area (Å²) in [4.78, 5) is 14.8. The summed E-state index contributed by atoms with van der Waals surface area (Å²) in [6.45, 7) is 1.72. The highest BCUT2D eigenvalue weighted by molar-refractivity contribution is 7.80. The second-order valence-electron chi connectivity index (χ2n) is 2.18. The lowest BCUT2D eigenvalue weighted by atomic mass is 10.3. The second kappa shape index (κ2) is 3.64. The molecule has 0 saturated carbocycles. The van der Waals surface area contributed by atoms with Gasteiger partial charge in [0.25, 0.3) is 0 Å². The summed E-state index contributed by atoms with van der Waals surface area (Å²) in [7, 11) is 0. The number of carbonyl (C=O) groups is 1. The Balaban J connectivity index is 3.51. The molecular formula is C7H5Cl2NOS. The minimum atomic E-state index is 0.116. The summed E-state index contributed by atoms with van der Waals surface area (Å²) in [6, 6.07) is 0. The monoisotopic (exact) mass is 221 g/mol. The fraction of sp³-hybridized carbons (Fsp3) is 0.143. The Morgan fingerprint density at radius 3 is 2.58 bits per heavy atom. The molecule has 0 spiro atoms. The van der Waals surface area contributed by atoms with Crippen molar-refractivity contribution >= 4 is 42.1 Å². The molecule has 5 heteroatoms. The Bertz CT molecular complexity index is 341. The van der Waals surface area contributed by atoms with Crippen LogP contribution < -0.4 is 0 Å². The smallest absolute Gasteiger partial charge is 0.154 e. The lowest BCUT2D eigenvalue weighted by Gasteiger charge is -2.04. The normalized spacial score (nSPS) is 10.0. The summed E-state index contributed by atoms with van der Waals surface area (Å²) >= 11 is 15.5. The molecule has 1 heterocycles. The predicted octanol–water partition coefficient (Wildman–Crippen LogP) is 2.80. The lowest BCUT2D eigenvalue weighted by molar-refractivity contribution is 0.112. The molecule has 0 bridgehead atoms. The Hall–Kier alpha value is -0.250. The van der Waals surface area contributed by atoms with Crippen LogP contribution in [-0.2, 0) is 0 Å². The van der Waals surface area contributed by atoms with Gasteiger partial charge in [-0.05, 0) is 6.92 Å². The van der Waals surface area contributed by atoms with E-state index in [2.05, 4.69) is 17.6 Å². The number of halogens is 2. The standard InChI is InChI=1S/C7H5Cl2NOS/c1-3-6(12)5(8)4(2-11)7(9)10-3/h2,12H,1H3. The third-order valence-corrected chi connectivity index (χ3v) is 2.75. The first-order chi connectivity index (χ1) is 5.57. The van der Waals surface area contributed by atoms with Gasteiger partial charge in [-0.2, -0.15) is 0 Å². The molecule has 0 radical (unpaired) electrons. The van der Waals surface area contributed by atoms with E-state index < -0.39 is 0 Å². The maximum absolute atomic E-state index is 10.5. The molecular weight excluding hydrogens is 217 g/mol. The first-order valence-corrected chi connectivity index (χ1v) is 4.28. The molecule has 1 aromatic heterocycles. The number of aldehydes is 1. The van der Waals surface area contributed by atoms with E-state index in [4.69, 9.17) is 23.2 Å². The van der Waals surface area contributed by atoms with Crippen molar-refractivity contribution in [3.05, 3.63) is 21.4 Å². The minimum Gasteiger partial charge on any atom is -0.298 e. The molecule has 0 unspecified atom stereocenters. The molecule has 12 heavy (non-hydrogen) atoms. The molecule has 0 fully saturated rings. The Morgan fingerprint density at radius 1 is 1.50 bits per heavy atom. The zero-order chi connectivity index (χ0) is 9.30. The van der Waals surface area contributed by atoms with Gasteiger partial charge in [0.1, 0.15) is 5.15 Å². The van der Waals surface area contributed by atoms with Gasteiger partial charge in [0.2, 0.25) is 0 Å². The highest BCUT2D eigenvalue weighted by Gasteiger charge is 2.11. The highest BCUT2D eigenvalue weighted by atomic mass is 35.5. The molecule has 0 amide bonds. The number of thiol groups is 1. The number of aryl methyl sites for hydroxylation is 1. The van der Waals surface area contributed by atoms with Crippen molar-refractivity contribution in [3.8, 4) is 0 Å². The first-order valence-electron chi connectivity index (χ1n) is 3.07. The van der Waals surface area contributed by atoms with Gasteiger partial charge in [0.15, 0.2) is 6.29 Å². The molecule has 1 rings (SSSR count). The molecule has 2 nitrogen and oxygen atoms in total. The van der Waals surface area contributed by atoms with Crippen molar-refractivity contribution in [1.29, 1.82) is 0 Å². The predicted molar refractivity (Wildman–Crippen MR) is 51.6 cm³/mol. The summed E-state index contributed by atoms with van der Waals surface area (Å²) in [5.74, 6) is 0. The number of hydrogen-bond donors (Lipinski definition) is 1. The second-order valence-corrected chi connectivity index (χ2v) is 3.37. The van der Waals surface area contributed by atoms with E-state index in [1.807, 2.05) is 0 Å². The number of hydrogen-bond acceptors (Lipinski definition) is 3. The van der Waals surface area contributed by atoms with Gasteiger partial charge in [-0.15, -0.1) is 12.6 Å². The molecule has 0 saturated heterocycles. The van der Waals surface area contributed by atoms with E-state index in [0.29, 0.717) is 16.9 Å². The Labute approximate surface area is 85.3 Å². The SMILES string of the molecule is Cc1nc(Cl)c(C=O)c(Cl)c1S. The fourth-order valence-electron chi connectivity index (χ4n) is 0.738. The van der Waals surface area contributed by atoms with Crippen LogP contribution in [0.25, 0.3) is 0 Å². The van der Waals surface area contributed by atoms with Gasteiger partial charge in [-0.25, -0.2) is 4.98 Å². The van der Waals surface area contributed by atoms with Crippen LogP contribution in [0.1, 0.15) is 16.1 Å². The van der Waals surface area contributed by atoms with Gasteiger partial charge in [-0.1, -0.05) is 23.2 Å². The van der Waals surface area contributed by atoms with E-state index in [1.54, 1.807) is 6.92 Å². The summed E-state index contributed by atoms with van der Waals surface area (Å²) < 4.78 is 0. The third kappa shape index (κ3) is 1.58. The largest absolute Gasteiger partial charge is 0.298 e. The number of carbonyl (C=O) groups excluding carboxylic acids is 1. The van der Waals surface area contributed by atoms with Crippen molar-refractivity contribution in [2.24, 2.45) is 0 Å². The van der Waals surface area contributed by atoms with E-state index in [0.717, 1.165) is 0 Å². The first kappa shape index (κ1) is 9.84. The number of rotatable bonds is 1. The minimum absolute atomic E-state index is 0.116. The number of nitrogens with zero attached hydrogens (tertiary/aromatic N) is 1. The zero-order valence-electron chi connectivity index (χ0n) is 6.14. The van der Waals surface area contributed by atoms with E-state index in [9.17, 15) is 4.79 Å². The van der Waals surface area contributed by atoms with Crippen LogP contribution in [0.2, 0.25) is 10.2 Å². The maximum atomic E-state index is 10.5. The molecule has 0 aromatic carbocycles. The molecule has 0 aliphatic rings. The summed E-state index contributed by atoms with van der Waals surface area (Å²) in [6.07, 6.45) is 0.566. The maximum Gasteiger partial charge on any atom is 0.154 e. The van der Waals surface area contributed by atoms with E-state index >= 15 is 0 Å². The van der Waals surface area contributed by atoms with Crippen LogP contribution in [0.4, 0.5) is 0 Å². The van der Waals surface area contributed by atoms with Crippen molar-refractivity contribution < 1.29 is 4.79 Å². The van der Waals surface area contributed by atoms with Gasteiger partial charge >= 0.3 is 0 Å². The van der Waals surface area contributed by atoms with Gasteiger partial charge < -0.3 is 0 Å². The summed E-state index contributed by atoms with van der Waals surface area (Å²) in [5, 5.41) is 0.371. The molecule has 0 N–H and O–H groups in total.